The van der Waals surface area contributed by atoms with Crippen LogP contribution in [0.2, 0.25) is 0 Å². The molecule has 6 rings (SSSR count). The minimum Gasteiger partial charge on any atom is -0.480 e. The van der Waals surface area contributed by atoms with E-state index in [2.05, 4.69) is 40.4 Å². The van der Waals surface area contributed by atoms with Crippen molar-refractivity contribution < 1.29 is 29.0 Å². The lowest BCUT2D eigenvalue weighted by atomic mass is 10.1. The fourth-order valence-electron chi connectivity index (χ4n) is 5.23. The van der Waals surface area contributed by atoms with Crippen molar-refractivity contribution in [2.45, 2.75) is 32.0 Å². The van der Waals surface area contributed by atoms with Crippen LogP contribution in [0.5, 0.6) is 0 Å². The number of H-pyrrole nitrogens is 1. The molecule has 4 aromatic heterocycles. The van der Waals surface area contributed by atoms with Gasteiger partial charge in [0.2, 0.25) is 17.6 Å². The number of aromatic amines is 1. The zero-order chi connectivity index (χ0) is 35.5. The zero-order valence-electron chi connectivity index (χ0n) is 26.2. The van der Waals surface area contributed by atoms with Crippen molar-refractivity contribution in [2.24, 2.45) is 0 Å². The molecule has 254 valence electrons. The molecule has 0 spiro atoms. The molecule has 0 unspecified atom stereocenters. The van der Waals surface area contributed by atoms with E-state index in [4.69, 9.17) is 5.73 Å². The quantitative estimate of drug-likeness (QED) is 0.0888. The monoisotopic (exact) mass is 680 g/mol. The molecule has 18 heteroatoms. The zero-order valence-corrected chi connectivity index (χ0v) is 26.2. The number of nitrogens with two attached hydrogens (primary N) is 1. The second kappa shape index (κ2) is 13.6. The smallest absolute Gasteiger partial charge is 0.327 e. The summed E-state index contributed by atoms with van der Waals surface area (Å²) in [6, 6.07) is 13.2. The van der Waals surface area contributed by atoms with Gasteiger partial charge in [-0.15, -0.1) is 5.10 Å². The van der Waals surface area contributed by atoms with Gasteiger partial charge in [0.25, 0.3) is 17.0 Å². The molecular formula is C32H28N10O8. The number of hydrogen-bond acceptors (Lipinski definition) is 13. The number of carbonyl (C=O) groups excluding carboxylic acids is 3. The minimum absolute atomic E-state index is 0.0329. The molecular weight excluding hydrogens is 652 g/mol. The Morgan fingerprint density at radius 3 is 2.54 bits per heavy atom. The number of benzene rings is 2. The molecule has 2 aromatic carbocycles. The number of carboxylic acid groups (broad SMARTS) is 1. The first-order valence-electron chi connectivity index (χ1n) is 15.0. The number of Topliss-reactive ketones (excluding diaryl/α,β-unsaturated/α-hetero) is 1. The van der Waals surface area contributed by atoms with Gasteiger partial charge >= 0.3 is 11.9 Å². The number of nitrogens with one attached hydrogen (secondary N) is 3. The summed E-state index contributed by atoms with van der Waals surface area (Å²) in [6.45, 7) is -0.352. The summed E-state index contributed by atoms with van der Waals surface area (Å²) in [5, 5.41) is 20.2. The van der Waals surface area contributed by atoms with Gasteiger partial charge in [-0.1, -0.05) is 18.2 Å². The molecule has 0 bridgehead atoms. The number of aliphatic carboxylic acids is 1. The Morgan fingerprint density at radius 2 is 1.80 bits per heavy atom. The highest BCUT2D eigenvalue weighted by Crippen LogP contribution is 2.20. The third kappa shape index (κ3) is 6.70. The first-order chi connectivity index (χ1) is 24.0. The number of para-hydroxylation sites is 1. The van der Waals surface area contributed by atoms with Gasteiger partial charge < -0.3 is 26.2 Å². The number of fused-ring (bicyclic) bond motifs is 4. The predicted molar refractivity (Wildman–Crippen MR) is 178 cm³/mol. The van der Waals surface area contributed by atoms with Crippen molar-refractivity contribution in [1.29, 1.82) is 0 Å². The fraction of sp³-hybridized carbons (Fsp3) is 0.188. The van der Waals surface area contributed by atoms with Crippen LogP contribution in [0, 0.1) is 0 Å². The molecule has 50 heavy (non-hydrogen) atoms. The van der Waals surface area contributed by atoms with E-state index < -0.39 is 47.3 Å². The lowest BCUT2D eigenvalue weighted by molar-refractivity contribution is -0.141. The van der Waals surface area contributed by atoms with E-state index >= 15 is 0 Å². The van der Waals surface area contributed by atoms with E-state index in [1.54, 1.807) is 42.5 Å². The maximum atomic E-state index is 13.5. The summed E-state index contributed by atoms with van der Waals surface area (Å²) >= 11 is 0. The highest BCUT2D eigenvalue weighted by Gasteiger charge is 2.25. The van der Waals surface area contributed by atoms with Crippen LogP contribution in [0.15, 0.2) is 70.4 Å². The van der Waals surface area contributed by atoms with E-state index in [0.717, 1.165) is 11.8 Å². The lowest BCUT2D eigenvalue weighted by Crippen LogP contribution is -2.41. The van der Waals surface area contributed by atoms with Crippen molar-refractivity contribution >= 4 is 62.8 Å². The van der Waals surface area contributed by atoms with Crippen molar-refractivity contribution in [1.82, 2.24) is 39.4 Å². The molecule has 0 radical (unpaired) electrons. The number of ether oxygens (including phenoxy) is 1. The number of rotatable bonds is 12. The minimum atomic E-state index is -1.44. The Morgan fingerprint density at radius 1 is 1.04 bits per heavy atom. The van der Waals surface area contributed by atoms with E-state index in [9.17, 15) is 33.9 Å². The molecule has 0 saturated carbocycles. The van der Waals surface area contributed by atoms with E-state index in [-0.39, 0.29) is 53.4 Å². The first-order valence-corrected chi connectivity index (χ1v) is 15.0. The van der Waals surface area contributed by atoms with Crippen molar-refractivity contribution in [2.75, 3.05) is 18.2 Å². The predicted octanol–water partition coefficient (Wildman–Crippen LogP) is 0.889. The van der Waals surface area contributed by atoms with Crippen molar-refractivity contribution in [3.05, 3.63) is 98.6 Å². The lowest BCUT2D eigenvalue weighted by Gasteiger charge is -2.15. The van der Waals surface area contributed by atoms with Gasteiger partial charge in [0, 0.05) is 23.1 Å². The van der Waals surface area contributed by atoms with Gasteiger partial charge in [0.1, 0.15) is 18.1 Å². The van der Waals surface area contributed by atoms with E-state index in [0.29, 0.717) is 22.3 Å². The van der Waals surface area contributed by atoms with E-state index in [1.807, 2.05) is 0 Å². The maximum absolute atomic E-state index is 13.5. The molecule has 0 aliphatic carbocycles. The number of nitrogens with zero attached hydrogens (tertiary/aromatic N) is 6. The molecule has 0 aliphatic heterocycles. The topological polar surface area (TPSA) is 259 Å². The summed E-state index contributed by atoms with van der Waals surface area (Å²) in [6.07, 6.45) is 0.784. The van der Waals surface area contributed by atoms with Gasteiger partial charge in [-0.2, -0.15) is 4.98 Å². The summed E-state index contributed by atoms with van der Waals surface area (Å²) in [5.41, 5.74) is 6.34. The third-order valence-corrected chi connectivity index (χ3v) is 7.72. The highest BCUT2D eigenvalue weighted by molar-refractivity contribution is 5.99. The number of anilines is 2. The summed E-state index contributed by atoms with van der Waals surface area (Å²) in [7, 11) is 1.15. The van der Waals surface area contributed by atoms with Gasteiger partial charge in [-0.05, 0) is 42.8 Å². The van der Waals surface area contributed by atoms with Gasteiger partial charge in [-0.25, -0.2) is 19.4 Å². The number of nitrogen functional groups attached to an aromatic ring is 1. The second-order valence-corrected chi connectivity index (χ2v) is 11.0. The van der Waals surface area contributed by atoms with Crippen LogP contribution in [-0.2, 0) is 27.4 Å². The fourth-order valence-corrected chi connectivity index (χ4v) is 5.23. The molecule has 6 N–H and O–H groups in total. The molecule has 18 nitrogen and oxygen atoms in total. The number of amides is 1. The number of methoxy groups -OCH3 is 1. The van der Waals surface area contributed by atoms with Crippen molar-refractivity contribution in [3.8, 4) is 0 Å². The normalized spacial score (nSPS) is 11.8. The number of ketones is 1. The second-order valence-electron chi connectivity index (χ2n) is 11.0. The molecule has 0 saturated heterocycles. The summed E-state index contributed by atoms with van der Waals surface area (Å²) < 4.78 is 6.85. The van der Waals surface area contributed by atoms with Crippen LogP contribution < -0.4 is 27.5 Å². The molecule has 1 atom stereocenters. The molecule has 1 amide bonds. The average molecular weight is 681 g/mol. The largest absolute Gasteiger partial charge is 0.480 e. The molecule has 4 heterocycles. The number of carboxylic acids is 1. The first kappa shape index (κ1) is 32.9. The van der Waals surface area contributed by atoms with Crippen molar-refractivity contribution in [3.63, 3.8) is 0 Å². The number of hydrogen-bond donors (Lipinski definition) is 5. The highest BCUT2D eigenvalue weighted by atomic mass is 16.5. The Hall–Kier alpha value is -6.98. The SMILES string of the molecule is COC(=O)Cn1nc(C(=O)CC[C@H](NC(=O)c2ccc(NCc3cnc4nc(N)[nH]c(=O)c4n3)cc2)C(=O)O)n2c(cc3ccccc32)c1=O. The van der Waals surface area contributed by atoms with Crippen LogP contribution in [0.4, 0.5) is 11.6 Å². The van der Waals surface area contributed by atoms with Gasteiger partial charge in [0.15, 0.2) is 11.2 Å². The Labute approximate surface area is 279 Å². The number of esters is 1. The average Bonchev–Trinajstić information content (AvgIpc) is 3.50. The van der Waals surface area contributed by atoms with E-state index in [1.165, 1.54) is 22.7 Å². The summed E-state index contributed by atoms with van der Waals surface area (Å²) in [4.78, 5) is 90.5. The summed E-state index contributed by atoms with van der Waals surface area (Å²) in [5.74, 6) is -3.68. The van der Waals surface area contributed by atoms with Crippen LogP contribution in [0.1, 0.15) is 39.5 Å². The van der Waals surface area contributed by atoms with Crippen LogP contribution in [-0.4, -0.2) is 76.0 Å². The van der Waals surface area contributed by atoms with Gasteiger partial charge in [0.05, 0.1) is 31.1 Å². The van der Waals surface area contributed by atoms with Crippen LogP contribution >= 0.6 is 0 Å². The van der Waals surface area contributed by atoms with Gasteiger partial charge in [-0.3, -0.25) is 33.4 Å². The standard InChI is InChI=1S/C32H28N10O8/c1-50-24(44)15-41-30(47)22-12-17-4-2-3-5-21(17)42(22)27(40-41)23(43)11-10-20(31(48)49)37-28(45)16-6-8-18(9-7-16)34-13-19-14-35-26-25(36-19)29(46)39-32(33)38-26/h2-9,12,14,20,34H,10-11,13,15H2,1H3,(H,37,45)(H,48,49)(H3,33,35,38,39,46)/t20-/m0/s1. The molecule has 6 aromatic rings. The number of aromatic nitrogens is 7. The number of carbonyl (C=O) groups is 4. The Kier molecular flexibility index (Phi) is 8.98. The Bertz CT molecular complexity index is 2430. The molecule has 0 fully saturated rings. The molecule has 0 aliphatic rings. The third-order valence-electron chi connectivity index (χ3n) is 7.72. The Balaban J connectivity index is 1.13. The van der Waals surface area contributed by atoms with Crippen LogP contribution in [0.3, 0.4) is 0 Å². The maximum Gasteiger partial charge on any atom is 0.327 e. The van der Waals surface area contributed by atoms with Crippen LogP contribution in [0.25, 0.3) is 27.6 Å².